The van der Waals surface area contributed by atoms with Crippen molar-refractivity contribution in [1.82, 2.24) is 9.80 Å². The van der Waals surface area contributed by atoms with Gasteiger partial charge in [-0.1, -0.05) is 26.0 Å². The molecule has 0 atom stereocenters. The Hall–Kier alpha value is -1.69. The van der Waals surface area contributed by atoms with Crippen LogP contribution in [0.3, 0.4) is 0 Å². The summed E-state index contributed by atoms with van der Waals surface area (Å²) in [6.07, 6.45) is 7.51. The molecule has 1 aromatic carbocycles. The summed E-state index contributed by atoms with van der Waals surface area (Å²) in [6.45, 7) is 10.5. The summed E-state index contributed by atoms with van der Waals surface area (Å²) in [4.78, 5) is 17.3. The molecular formula is C25H37N3O2. The third-order valence-electron chi connectivity index (χ3n) is 7.57. The molecule has 5 heteroatoms. The van der Waals surface area contributed by atoms with Crippen LogP contribution in [0.4, 0.5) is 0 Å². The van der Waals surface area contributed by atoms with E-state index in [9.17, 15) is 4.79 Å². The number of hydrogen-bond acceptors (Lipinski definition) is 4. The van der Waals surface area contributed by atoms with Crippen molar-refractivity contribution in [2.45, 2.75) is 51.5 Å². The van der Waals surface area contributed by atoms with Crippen molar-refractivity contribution in [3.63, 3.8) is 0 Å². The Morgan fingerprint density at radius 1 is 1.07 bits per heavy atom. The predicted octanol–water partition coefficient (Wildman–Crippen LogP) is 3.63. The summed E-state index contributed by atoms with van der Waals surface area (Å²) < 4.78 is 5.77. The zero-order valence-corrected chi connectivity index (χ0v) is 18.9. The number of nitrogens with two attached hydrogens (primary N) is 1. The first kappa shape index (κ1) is 21.5. The zero-order chi connectivity index (χ0) is 21.4. The first-order valence-electron chi connectivity index (χ1n) is 11.5. The van der Waals surface area contributed by atoms with Gasteiger partial charge in [-0.15, -0.1) is 0 Å². The molecule has 0 aromatic heterocycles. The van der Waals surface area contributed by atoms with Gasteiger partial charge in [-0.3, -0.25) is 9.69 Å². The number of ether oxygens (including phenoxy) is 1. The molecule has 1 aliphatic carbocycles. The van der Waals surface area contributed by atoms with E-state index in [1.165, 1.54) is 11.1 Å². The van der Waals surface area contributed by atoms with Gasteiger partial charge in [0.25, 0.3) is 0 Å². The van der Waals surface area contributed by atoms with E-state index in [2.05, 4.69) is 48.9 Å². The van der Waals surface area contributed by atoms with Gasteiger partial charge in [0, 0.05) is 45.0 Å². The van der Waals surface area contributed by atoms with Crippen molar-refractivity contribution in [3.8, 4) is 0 Å². The SMILES string of the molecule is CN1CCN(C2(c3ccc(C(N)=O)c(C4=CCC(C)(C)CC4)c3)CCOCC2)CC1. The van der Waals surface area contributed by atoms with Crippen LogP contribution < -0.4 is 5.73 Å². The van der Waals surface area contributed by atoms with Gasteiger partial charge in [0.15, 0.2) is 0 Å². The molecule has 0 radical (unpaired) electrons. The number of allylic oxidation sites excluding steroid dienone is 2. The minimum absolute atomic E-state index is 0.0149. The van der Waals surface area contributed by atoms with Gasteiger partial charge in [-0.05, 0) is 73.4 Å². The molecule has 2 saturated heterocycles. The average Bonchev–Trinajstić information content (AvgIpc) is 2.74. The van der Waals surface area contributed by atoms with E-state index in [1.807, 2.05) is 6.07 Å². The van der Waals surface area contributed by atoms with Gasteiger partial charge in [0.2, 0.25) is 5.91 Å². The number of primary amides is 1. The molecule has 2 aliphatic heterocycles. The maximum atomic E-state index is 12.3. The monoisotopic (exact) mass is 411 g/mol. The Balaban J connectivity index is 1.75. The molecule has 4 rings (SSSR count). The summed E-state index contributed by atoms with van der Waals surface area (Å²) >= 11 is 0. The van der Waals surface area contributed by atoms with Crippen LogP contribution in [0.5, 0.6) is 0 Å². The van der Waals surface area contributed by atoms with Crippen LogP contribution in [0, 0.1) is 5.41 Å². The molecule has 2 heterocycles. The molecule has 0 bridgehead atoms. The Morgan fingerprint density at radius 3 is 2.37 bits per heavy atom. The quantitative estimate of drug-likeness (QED) is 0.822. The summed E-state index contributed by atoms with van der Waals surface area (Å²) in [7, 11) is 2.20. The molecule has 30 heavy (non-hydrogen) atoms. The Labute approximate surface area is 181 Å². The fraction of sp³-hybridized carbons (Fsp3) is 0.640. The van der Waals surface area contributed by atoms with Crippen molar-refractivity contribution >= 4 is 11.5 Å². The summed E-state index contributed by atoms with van der Waals surface area (Å²) in [6, 6.07) is 6.41. The van der Waals surface area contributed by atoms with E-state index in [4.69, 9.17) is 10.5 Å². The third-order valence-corrected chi connectivity index (χ3v) is 7.57. The number of nitrogens with zero attached hydrogens (tertiary/aromatic N) is 2. The van der Waals surface area contributed by atoms with Crippen molar-refractivity contribution in [2.24, 2.45) is 11.1 Å². The van der Waals surface area contributed by atoms with Gasteiger partial charge in [0.05, 0.1) is 5.54 Å². The van der Waals surface area contributed by atoms with E-state index < -0.39 is 0 Å². The fourth-order valence-electron chi connectivity index (χ4n) is 5.37. The van der Waals surface area contributed by atoms with E-state index in [1.54, 1.807) is 0 Å². The lowest BCUT2D eigenvalue weighted by molar-refractivity contribution is -0.0485. The predicted molar refractivity (Wildman–Crippen MR) is 121 cm³/mol. The molecule has 2 N–H and O–H groups in total. The number of likely N-dealkylation sites (N-methyl/N-ethyl adjacent to an activating group) is 1. The second-order valence-electron chi connectivity index (χ2n) is 10.2. The van der Waals surface area contributed by atoms with Crippen LogP contribution in [0.25, 0.3) is 5.57 Å². The lowest BCUT2D eigenvalue weighted by Crippen LogP contribution is -2.56. The Kier molecular flexibility index (Phi) is 6.06. The number of carbonyl (C=O) groups excluding carboxylic acids is 1. The van der Waals surface area contributed by atoms with Gasteiger partial charge < -0.3 is 15.4 Å². The highest BCUT2D eigenvalue weighted by atomic mass is 16.5. The minimum atomic E-state index is -0.331. The number of hydrogen-bond donors (Lipinski definition) is 1. The Bertz CT molecular complexity index is 816. The first-order valence-corrected chi connectivity index (χ1v) is 11.5. The highest BCUT2D eigenvalue weighted by Crippen LogP contribution is 2.43. The van der Waals surface area contributed by atoms with Crippen molar-refractivity contribution in [2.75, 3.05) is 46.4 Å². The normalized spacial score (nSPS) is 25.0. The molecule has 1 amide bonds. The third kappa shape index (κ3) is 4.20. The molecule has 2 fully saturated rings. The van der Waals surface area contributed by atoms with Gasteiger partial charge in [-0.2, -0.15) is 0 Å². The number of piperazine rings is 1. The first-order chi connectivity index (χ1) is 14.3. The summed E-state index contributed by atoms with van der Waals surface area (Å²) in [5.41, 5.74) is 10.4. The second-order valence-corrected chi connectivity index (χ2v) is 10.2. The summed E-state index contributed by atoms with van der Waals surface area (Å²) in [5, 5.41) is 0. The number of carbonyl (C=O) groups is 1. The molecule has 0 saturated carbocycles. The lowest BCUT2D eigenvalue weighted by Gasteiger charge is -2.50. The van der Waals surface area contributed by atoms with Crippen LogP contribution in [0.15, 0.2) is 24.3 Å². The molecule has 5 nitrogen and oxygen atoms in total. The number of rotatable bonds is 4. The number of amides is 1. The number of benzene rings is 1. The van der Waals surface area contributed by atoms with Crippen molar-refractivity contribution < 1.29 is 9.53 Å². The molecule has 0 spiro atoms. The van der Waals surface area contributed by atoms with E-state index in [0.717, 1.165) is 77.1 Å². The van der Waals surface area contributed by atoms with Gasteiger partial charge >= 0.3 is 0 Å². The fourth-order valence-corrected chi connectivity index (χ4v) is 5.37. The molecular weight excluding hydrogens is 374 g/mol. The topological polar surface area (TPSA) is 58.8 Å². The highest BCUT2D eigenvalue weighted by Gasteiger charge is 2.41. The maximum absolute atomic E-state index is 12.3. The summed E-state index contributed by atoms with van der Waals surface area (Å²) in [5.74, 6) is -0.331. The maximum Gasteiger partial charge on any atom is 0.249 e. The smallest absolute Gasteiger partial charge is 0.249 e. The van der Waals surface area contributed by atoms with Crippen LogP contribution in [0.2, 0.25) is 0 Å². The van der Waals surface area contributed by atoms with Crippen LogP contribution in [0.1, 0.15) is 67.4 Å². The van der Waals surface area contributed by atoms with Crippen molar-refractivity contribution in [1.29, 1.82) is 0 Å². The van der Waals surface area contributed by atoms with Crippen LogP contribution in [-0.4, -0.2) is 62.1 Å². The van der Waals surface area contributed by atoms with Crippen LogP contribution >= 0.6 is 0 Å². The molecule has 3 aliphatic rings. The minimum Gasteiger partial charge on any atom is -0.381 e. The largest absolute Gasteiger partial charge is 0.381 e. The van der Waals surface area contributed by atoms with E-state index in [-0.39, 0.29) is 11.4 Å². The van der Waals surface area contributed by atoms with Crippen LogP contribution in [-0.2, 0) is 10.3 Å². The van der Waals surface area contributed by atoms with E-state index >= 15 is 0 Å². The molecule has 1 aromatic rings. The second kappa shape index (κ2) is 8.45. The highest BCUT2D eigenvalue weighted by molar-refractivity contribution is 5.98. The van der Waals surface area contributed by atoms with Gasteiger partial charge in [0.1, 0.15) is 0 Å². The lowest BCUT2D eigenvalue weighted by atomic mass is 9.74. The average molecular weight is 412 g/mol. The van der Waals surface area contributed by atoms with E-state index in [0.29, 0.717) is 11.0 Å². The van der Waals surface area contributed by atoms with Gasteiger partial charge in [-0.25, -0.2) is 0 Å². The van der Waals surface area contributed by atoms with Crippen molar-refractivity contribution in [3.05, 3.63) is 41.0 Å². The Morgan fingerprint density at radius 2 is 1.77 bits per heavy atom. The molecule has 0 unspecified atom stereocenters. The zero-order valence-electron chi connectivity index (χ0n) is 18.9. The molecule has 164 valence electrons. The standard InChI is InChI=1S/C25H37N3O2/c1-24(2)8-6-19(7-9-24)22-18-20(4-5-21(22)23(26)29)25(10-16-30-17-11-25)28-14-12-27(3)13-15-28/h4-6,18H,7-17H2,1-3H3,(H2,26,29).